The number of halogens is 2. The van der Waals surface area contributed by atoms with Crippen LogP contribution in [0, 0.1) is 40.9 Å². The third-order valence-electron chi connectivity index (χ3n) is 9.15. The molecule has 148 valence electrons. The van der Waals surface area contributed by atoms with E-state index < -0.39 is 12.0 Å². The van der Waals surface area contributed by atoms with Gasteiger partial charge in [0.15, 0.2) is 0 Å². The van der Waals surface area contributed by atoms with Gasteiger partial charge in [0, 0.05) is 0 Å². The molecule has 0 aliphatic heterocycles. The lowest BCUT2D eigenvalue weighted by Gasteiger charge is -2.57. The molecule has 4 fully saturated rings. The second-order valence-electron chi connectivity index (χ2n) is 10.1. The average molecular weight is 369 g/mol. The first kappa shape index (κ1) is 18.9. The summed E-state index contributed by atoms with van der Waals surface area (Å²) in [5, 5.41) is 19.9. The molecule has 8 atom stereocenters. The maximum atomic E-state index is 13.3. The Bertz CT molecular complexity index is 564. The van der Waals surface area contributed by atoms with Crippen LogP contribution in [-0.4, -0.2) is 28.8 Å². The molecule has 4 heteroatoms. The normalized spacial score (nSPS) is 50.8. The second kappa shape index (κ2) is 6.55. The molecule has 0 radical (unpaired) electrons. The smallest absolute Gasteiger partial charge is 0.266 e. The molecule has 4 saturated carbocycles. The van der Waals surface area contributed by atoms with E-state index in [-0.39, 0.29) is 24.4 Å². The van der Waals surface area contributed by atoms with Gasteiger partial charge >= 0.3 is 0 Å². The third kappa shape index (κ3) is 2.70. The van der Waals surface area contributed by atoms with E-state index in [9.17, 15) is 19.0 Å². The second-order valence-corrected chi connectivity index (χ2v) is 10.1. The Hall–Kier alpha value is -0.480. The number of aliphatic hydroxyl groups is 2. The molecule has 0 aromatic carbocycles. The molecule has 0 amide bonds. The fourth-order valence-corrected chi connectivity index (χ4v) is 7.89. The first-order valence-electron chi connectivity index (χ1n) is 10.6. The summed E-state index contributed by atoms with van der Waals surface area (Å²) in [6.07, 6.45) is 5.56. The number of alkyl halides is 2. The van der Waals surface area contributed by atoms with Crippen molar-refractivity contribution < 1.29 is 19.0 Å². The van der Waals surface area contributed by atoms with Crippen molar-refractivity contribution in [2.75, 3.05) is 6.61 Å². The number of fused-ring (bicyclic) bond motifs is 5. The highest BCUT2D eigenvalue weighted by Gasteiger charge is 2.58. The largest absolute Gasteiger partial charge is 0.392 e. The van der Waals surface area contributed by atoms with Crippen LogP contribution in [0.1, 0.15) is 64.7 Å². The molecule has 0 aromatic heterocycles. The van der Waals surface area contributed by atoms with Crippen molar-refractivity contribution in [3.05, 3.63) is 12.2 Å². The van der Waals surface area contributed by atoms with Crippen molar-refractivity contribution in [2.24, 2.45) is 40.9 Å². The van der Waals surface area contributed by atoms with Gasteiger partial charge in [-0.25, -0.2) is 8.78 Å². The van der Waals surface area contributed by atoms with Gasteiger partial charge in [0.25, 0.3) is 6.43 Å². The van der Waals surface area contributed by atoms with Crippen molar-refractivity contribution in [2.45, 2.75) is 76.7 Å². The van der Waals surface area contributed by atoms with Gasteiger partial charge < -0.3 is 10.2 Å². The zero-order chi connectivity index (χ0) is 18.7. The zero-order valence-corrected chi connectivity index (χ0v) is 16.0. The van der Waals surface area contributed by atoms with E-state index in [1.165, 1.54) is 19.3 Å². The lowest BCUT2D eigenvalue weighted by Crippen LogP contribution is -2.52. The maximum Gasteiger partial charge on any atom is 0.266 e. The Kier molecular flexibility index (Phi) is 4.75. The Morgan fingerprint density at radius 1 is 1.04 bits per heavy atom. The number of hydrogen-bond donors (Lipinski definition) is 2. The summed E-state index contributed by atoms with van der Waals surface area (Å²) >= 11 is 0. The monoisotopic (exact) mass is 368 g/mol. The van der Waals surface area contributed by atoms with Crippen molar-refractivity contribution in [3.8, 4) is 0 Å². The lowest BCUT2D eigenvalue weighted by atomic mass is 9.48. The Labute approximate surface area is 156 Å². The molecule has 0 bridgehead atoms. The summed E-state index contributed by atoms with van der Waals surface area (Å²) in [5.74, 6) is 3.27. The van der Waals surface area contributed by atoms with Crippen LogP contribution in [0.4, 0.5) is 8.78 Å². The predicted molar refractivity (Wildman–Crippen MR) is 97.8 cm³/mol. The fourth-order valence-electron chi connectivity index (χ4n) is 7.89. The molecule has 0 aromatic rings. The lowest BCUT2D eigenvalue weighted by molar-refractivity contribution is -0.159. The Morgan fingerprint density at radius 3 is 2.46 bits per heavy atom. The molecular weight excluding hydrogens is 334 g/mol. The van der Waals surface area contributed by atoms with Gasteiger partial charge in [-0.15, -0.1) is 0 Å². The van der Waals surface area contributed by atoms with Crippen molar-refractivity contribution >= 4 is 0 Å². The average Bonchev–Trinajstić information content (AvgIpc) is 2.97. The van der Waals surface area contributed by atoms with Gasteiger partial charge in [-0.05, 0) is 104 Å². The molecule has 4 rings (SSSR count). The number of hydrogen-bond acceptors (Lipinski definition) is 2. The topological polar surface area (TPSA) is 40.5 Å². The quantitative estimate of drug-likeness (QED) is 0.703. The summed E-state index contributed by atoms with van der Waals surface area (Å²) in [7, 11) is 0. The molecular formula is C22H34F2O2. The molecule has 0 saturated heterocycles. The minimum atomic E-state index is -2.61. The van der Waals surface area contributed by atoms with Crippen molar-refractivity contribution in [3.63, 3.8) is 0 Å². The first-order valence-corrected chi connectivity index (χ1v) is 10.6. The molecule has 4 aliphatic carbocycles. The Morgan fingerprint density at radius 2 is 1.77 bits per heavy atom. The first-order chi connectivity index (χ1) is 12.3. The van der Waals surface area contributed by atoms with Crippen LogP contribution < -0.4 is 0 Å². The standard InChI is InChI=1S/C22H34F2O2/c1-13(12-25)18-5-6-19-17-4-3-14-11-22(26,20(23)24)10-8-15(14)16(17)7-9-21(18,19)2/h14-20,25-26H,1,3-12H2,2H3/t14-,15-,16+,17+,18+,19-,21+,22-/m0/s1. The molecule has 4 aliphatic rings. The van der Waals surface area contributed by atoms with Gasteiger partial charge in [0.05, 0.1) is 6.61 Å². The van der Waals surface area contributed by atoms with Crippen LogP contribution in [0.15, 0.2) is 12.2 Å². The van der Waals surface area contributed by atoms with E-state index in [0.29, 0.717) is 36.0 Å². The van der Waals surface area contributed by atoms with Gasteiger partial charge in [-0.3, -0.25) is 0 Å². The minimum Gasteiger partial charge on any atom is -0.392 e. The van der Waals surface area contributed by atoms with Crippen molar-refractivity contribution in [1.29, 1.82) is 0 Å². The van der Waals surface area contributed by atoms with Crippen LogP contribution >= 0.6 is 0 Å². The predicted octanol–water partition coefficient (Wildman–Crippen LogP) is 4.80. The third-order valence-corrected chi connectivity index (χ3v) is 9.15. The summed E-state index contributed by atoms with van der Waals surface area (Å²) in [5.41, 5.74) is -0.484. The molecule has 0 unspecified atom stereocenters. The highest BCUT2D eigenvalue weighted by Crippen LogP contribution is 2.65. The number of rotatable bonds is 3. The summed E-state index contributed by atoms with van der Waals surface area (Å²) in [6.45, 7) is 6.65. The van der Waals surface area contributed by atoms with E-state index in [2.05, 4.69) is 13.5 Å². The van der Waals surface area contributed by atoms with Gasteiger partial charge in [0.1, 0.15) is 5.60 Å². The molecule has 26 heavy (non-hydrogen) atoms. The molecule has 0 spiro atoms. The van der Waals surface area contributed by atoms with Crippen LogP contribution in [0.25, 0.3) is 0 Å². The summed E-state index contributed by atoms with van der Waals surface area (Å²) < 4.78 is 26.6. The van der Waals surface area contributed by atoms with Crippen LogP contribution in [0.2, 0.25) is 0 Å². The van der Waals surface area contributed by atoms with E-state index in [0.717, 1.165) is 31.3 Å². The fraction of sp³-hybridized carbons (Fsp3) is 0.909. The van der Waals surface area contributed by atoms with Gasteiger partial charge in [-0.2, -0.15) is 0 Å². The van der Waals surface area contributed by atoms with E-state index >= 15 is 0 Å². The van der Waals surface area contributed by atoms with Crippen LogP contribution in [-0.2, 0) is 0 Å². The van der Waals surface area contributed by atoms with Gasteiger partial charge in [-0.1, -0.05) is 13.5 Å². The van der Waals surface area contributed by atoms with Crippen LogP contribution in [0.3, 0.4) is 0 Å². The molecule has 2 nitrogen and oxygen atoms in total. The molecule has 0 heterocycles. The van der Waals surface area contributed by atoms with Crippen LogP contribution in [0.5, 0.6) is 0 Å². The maximum absolute atomic E-state index is 13.3. The highest BCUT2D eigenvalue weighted by atomic mass is 19.3. The zero-order valence-electron chi connectivity index (χ0n) is 16.0. The van der Waals surface area contributed by atoms with E-state index in [4.69, 9.17) is 0 Å². The van der Waals surface area contributed by atoms with E-state index in [1.807, 2.05) is 0 Å². The SMILES string of the molecule is C=C(CO)[C@H]1CC[C@H]2[C@@H]3CC[C@H]4C[C@](O)(C(F)F)CC[C@@H]4[C@H]3CC[C@]12C. The summed E-state index contributed by atoms with van der Waals surface area (Å²) in [4.78, 5) is 0. The summed E-state index contributed by atoms with van der Waals surface area (Å²) in [6, 6.07) is 0. The highest BCUT2D eigenvalue weighted by molar-refractivity contribution is 5.15. The van der Waals surface area contributed by atoms with Crippen molar-refractivity contribution in [1.82, 2.24) is 0 Å². The Balaban J connectivity index is 1.52. The van der Waals surface area contributed by atoms with Gasteiger partial charge in [0.2, 0.25) is 0 Å². The minimum absolute atomic E-state index is 0.0952. The molecule has 2 N–H and O–H groups in total. The van der Waals surface area contributed by atoms with E-state index in [1.54, 1.807) is 0 Å². The number of aliphatic hydroxyl groups excluding tert-OH is 1.